The highest BCUT2D eigenvalue weighted by Gasteiger charge is 2.34. The summed E-state index contributed by atoms with van der Waals surface area (Å²) in [5, 5.41) is 6.24. The second-order valence-corrected chi connectivity index (χ2v) is 7.23. The molecule has 2 amide bonds. The van der Waals surface area contributed by atoms with Crippen LogP contribution in [-0.2, 0) is 6.18 Å². The maximum absolute atomic E-state index is 13.0. The van der Waals surface area contributed by atoms with Crippen LogP contribution in [0.1, 0.15) is 26.3 Å². The van der Waals surface area contributed by atoms with Crippen molar-refractivity contribution in [3.8, 4) is 0 Å². The molecule has 0 radical (unpaired) electrons. The Morgan fingerprint density at radius 1 is 1.07 bits per heavy atom. The molecule has 1 aromatic heterocycles. The Kier molecular flexibility index (Phi) is 6.35. The Labute approximate surface area is 164 Å². The predicted molar refractivity (Wildman–Crippen MR) is 100 cm³/mol. The van der Waals surface area contributed by atoms with Crippen LogP contribution in [0.2, 0.25) is 0 Å². The fourth-order valence-electron chi connectivity index (χ4n) is 3.09. The number of nitrogens with zero attached hydrogens (tertiary/aromatic N) is 2. The van der Waals surface area contributed by atoms with Crippen molar-refractivity contribution in [3.63, 3.8) is 0 Å². The SMILES string of the molecule is O=C(NCCN1CCN(C(=O)c2ccsc2)CC1)c1ccccc1C(F)(F)F. The van der Waals surface area contributed by atoms with E-state index in [0.29, 0.717) is 38.3 Å². The number of amides is 2. The van der Waals surface area contributed by atoms with Crippen molar-refractivity contribution in [1.82, 2.24) is 15.1 Å². The molecule has 3 rings (SSSR count). The molecule has 2 heterocycles. The highest BCUT2D eigenvalue weighted by atomic mass is 32.1. The molecule has 2 aromatic rings. The maximum atomic E-state index is 13.0. The molecule has 1 aliphatic rings. The Morgan fingerprint density at radius 2 is 1.79 bits per heavy atom. The third kappa shape index (κ3) is 4.90. The lowest BCUT2D eigenvalue weighted by molar-refractivity contribution is -0.137. The van der Waals surface area contributed by atoms with Crippen molar-refractivity contribution in [3.05, 3.63) is 57.8 Å². The van der Waals surface area contributed by atoms with Crippen LogP contribution >= 0.6 is 11.3 Å². The maximum Gasteiger partial charge on any atom is 0.417 e. The number of benzene rings is 1. The second kappa shape index (κ2) is 8.74. The average Bonchev–Trinajstić information content (AvgIpc) is 3.22. The molecule has 0 aliphatic carbocycles. The molecular formula is C19H20F3N3O2S. The van der Waals surface area contributed by atoms with Crippen LogP contribution in [0.5, 0.6) is 0 Å². The van der Waals surface area contributed by atoms with Crippen LogP contribution in [0.4, 0.5) is 13.2 Å². The van der Waals surface area contributed by atoms with Gasteiger partial charge in [0.15, 0.2) is 0 Å². The third-order valence-corrected chi connectivity index (χ3v) is 5.30. The van der Waals surface area contributed by atoms with Crippen molar-refractivity contribution < 1.29 is 22.8 Å². The van der Waals surface area contributed by atoms with Gasteiger partial charge in [0.2, 0.25) is 0 Å². The summed E-state index contributed by atoms with van der Waals surface area (Å²) >= 11 is 1.48. The van der Waals surface area contributed by atoms with E-state index in [1.165, 1.54) is 29.5 Å². The summed E-state index contributed by atoms with van der Waals surface area (Å²) in [5.41, 5.74) is -0.622. The monoisotopic (exact) mass is 411 g/mol. The fourth-order valence-corrected chi connectivity index (χ4v) is 3.72. The zero-order chi connectivity index (χ0) is 20.1. The van der Waals surface area contributed by atoms with Crippen molar-refractivity contribution in [2.24, 2.45) is 0 Å². The molecule has 0 saturated carbocycles. The van der Waals surface area contributed by atoms with Crippen molar-refractivity contribution in [2.45, 2.75) is 6.18 Å². The molecule has 0 unspecified atom stereocenters. The number of carbonyl (C=O) groups excluding carboxylic acids is 2. The highest BCUT2D eigenvalue weighted by molar-refractivity contribution is 7.08. The van der Waals surface area contributed by atoms with Gasteiger partial charge in [-0.05, 0) is 23.6 Å². The van der Waals surface area contributed by atoms with Gasteiger partial charge in [-0.25, -0.2) is 0 Å². The van der Waals surface area contributed by atoms with E-state index in [2.05, 4.69) is 10.2 Å². The number of nitrogens with one attached hydrogen (secondary N) is 1. The van der Waals surface area contributed by atoms with E-state index in [-0.39, 0.29) is 18.0 Å². The first-order valence-electron chi connectivity index (χ1n) is 8.84. The van der Waals surface area contributed by atoms with E-state index >= 15 is 0 Å². The van der Waals surface area contributed by atoms with E-state index in [9.17, 15) is 22.8 Å². The number of thiophene rings is 1. The molecule has 1 aromatic carbocycles. The van der Waals surface area contributed by atoms with E-state index in [1.807, 2.05) is 10.8 Å². The Morgan fingerprint density at radius 3 is 2.43 bits per heavy atom. The minimum absolute atomic E-state index is 0.0120. The molecule has 0 atom stereocenters. The van der Waals surface area contributed by atoms with Crippen molar-refractivity contribution >= 4 is 23.2 Å². The molecular weight excluding hydrogens is 391 g/mol. The lowest BCUT2D eigenvalue weighted by atomic mass is 10.1. The summed E-state index contributed by atoms with van der Waals surface area (Å²) in [6.07, 6.45) is -4.57. The van der Waals surface area contributed by atoms with Crippen LogP contribution in [0.3, 0.4) is 0 Å². The lowest BCUT2D eigenvalue weighted by Gasteiger charge is -2.34. The molecule has 9 heteroatoms. The normalized spacial score (nSPS) is 15.5. The number of halogens is 3. The van der Waals surface area contributed by atoms with Crippen molar-refractivity contribution in [1.29, 1.82) is 0 Å². The van der Waals surface area contributed by atoms with Gasteiger partial charge in [0.05, 0.1) is 16.7 Å². The zero-order valence-electron chi connectivity index (χ0n) is 15.0. The molecule has 1 saturated heterocycles. The zero-order valence-corrected chi connectivity index (χ0v) is 15.9. The van der Waals surface area contributed by atoms with Gasteiger partial charge in [0, 0.05) is 44.6 Å². The summed E-state index contributed by atoms with van der Waals surface area (Å²) in [7, 11) is 0. The standard InChI is InChI=1S/C19H20F3N3O2S/c20-19(21,22)16-4-2-1-3-15(16)17(26)23-6-7-24-8-10-25(11-9-24)18(27)14-5-12-28-13-14/h1-5,12-13H,6-11H2,(H,23,26). The van der Waals surface area contributed by atoms with E-state index in [1.54, 1.807) is 11.0 Å². The number of piperazine rings is 1. The number of carbonyl (C=O) groups is 2. The summed E-state index contributed by atoms with van der Waals surface area (Å²) in [6, 6.07) is 6.55. The van der Waals surface area contributed by atoms with Gasteiger partial charge in [-0.3, -0.25) is 14.5 Å². The molecule has 150 valence electrons. The fraction of sp³-hybridized carbons (Fsp3) is 0.368. The summed E-state index contributed by atoms with van der Waals surface area (Å²) in [5.74, 6) is -0.725. The molecule has 0 bridgehead atoms. The number of alkyl halides is 3. The quantitative estimate of drug-likeness (QED) is 0.823. The number of hydrogen-bond acceptors (Lipinski definition) is 4. The summed E-state index contributed by atoms with van der Waals surface area (Å²) in [4.78, 5) is 28.3. The molecule has 1 fully saturated rings. The number of rotatable bonds is 5. The van der Waals surface area contributed by atoms with Gasteiger partial charge in [0.25, 0.3) is 11.8 Å². The highest BCUT2D eigenvalue weighted by Crippen LogP contribution is 2.31. The average molecular weight is 411 g/mol. The summed E-state index contributed by atoms with van der Waals surface area (Å²) < 4.78 is 39.0. The van der Waals surface area contributed by atoms with Crippen LogP contribution in [0.25, 0.3) is 0 Å². The van der Waals surface area contributed by atoms with Gasteiger partial charge in [-0.15, -0.1) is 0 Å². The Bertz CT molecular complexity index is 816. The minimum Gasteiger partial charge on any atom is -0.351 e. The van der Waals surface area contributed by atoms with Crippen LogP contribution in [0, 0.1) is 0 Å². The minimum atomic E-state index is -4.57. The lowest BCUT2D eigenvalue weighted by Crippen LogP contribution is -2.50. The smallest absolute Gasteiger partial charge is 0.351 e. The molecule has 0 spiro atoms. The van der Waals surface area contributed by atoms with E-state index in [4.69, 9.17) is 0 Å². The first-order chi connectivity index (χ1) is 13.4. The molecule has 1 N–H and O–H groups in total. The van der Waals surface area contributed by atoms with Crippen LogP contribution in [0.15, 0.2) is 41.1 Å². The first-order valence-corrected chi connectivity index (χ1v) is 9.79. The van der Waals surface area contributed by atoms with Crippen LogP contribution < -0.4 is 5.32 Å². The van der Waals surface area contributed by atoms with Crippen molar-refractivity contribution in [2.75, 3.05) is 39.3 Å². The van der Waals surface area contributed by atoms with Gasteiger partial charge >= 0.3 is 6.18 Å². The predicted octanol–water partition coefficient (Wildman–Crippen LogP) is 2.95. The van der Waals surface area contributed by atoms with Gasteiger partial charge in [-0.1, -0.05) is 12.1 Å². The van der Waals surface area contributed by atoms with Crippen LogP contribution in [-0.4, -0.2) is 60.9 Å². The number of hydrogen-bond donors (Lipinski definition) is 1. The topological polar surface area (TPSA) is 52.7 Å². The molecule has 5 nitrogen and oxygen atoms in total. The molecule has 28 heavy (non-hydrogen) atoms. The summed E-state index contributed by atoms with van der Waals surface area (Å²) in [6.45, 7) is 3.23. The largest absolute Gasteiger partial charge is 0.417 e. The van der Waals surface area contributed by atoms with E-state index < -0.39 is 17.6 Å². The van der Waals surface area contributed by atoms with Gasteiger partial charge in [0.1, 0.15) is 0 Å². The Balaban J connectivity index is 1.45. The first kappa shape index (κ1) is 20.3. The van der Waals surface area contributed by atoms with Gasteiger partial charge in [-0.2, -0.15) is 24.5 Å². The third-order valence-electron chi connectivity index (χ3n) is 4.62. The molecule has 1 aliphatic heterocycles. The second-order valence-electron chi connectivity index (χ2n) is 6.45. The van der Waals surface area contributed by atoms with E-state index in [0.717, 1.165) is 6.07 Å². The Hall–Kier alpha value is -2.39. The van der Waals surface area contributed by atoms with Gasteiger partial charge < -0.3 is 10.2 Å².